The van der Waals surface area contributed by atoms with Crippen molar-refractivity contribution in [2.75, 3.05) is 13.6 Å². The van der Waals surface area contributed by atoms with E-state index in [4.69, 9.17) is 9.47 Å². The van der Waals surface area contributed by atoms with Gasteiger partial charge in [-0.05, 0) is 44.1 Å². The third-order valence-corrected chi connectivity index (χ3v) is 7.52. The van der Waals surface area contributed by atoms with E-state index >= 15 is 0 Å². The van der Waals surface area contributed by atoms with Crippen molar-refractivity contribution in [3.8, 4) is 11.5 Å². The summed E-state index contributed by atoms with van der Waals surface area (Å²) in [7, 11) is 1.97. The number of carboxylic acid groups (broad SMARTS) is 1. The molecule has 2 aliphatic carbocycles. The predicted molar refractivity (Wildman–Crippen MR) is 110 cm³/mol. The van der Waals surface area contributed by atoms with E-state index in [1.54, 1.807) is 12.1 Å². The summed E-state index contributed by atoms with van der Waals surface area (Å²) in [6.45, 7) is 1.73. The normalized spacial score (nSPS) is 32.2. The Balaban J connectivity index is 1.51. The maximum atomic E-state index is 12.6. The average molecular weight is 459 g/mol. The Kier molecular flexibility index (Phi) is 4.74. The zero-order valence-corrected chi connectivity index (χ0v) is 18.2. The maximum absolute atomic E-state index is 12.6. The summed E-state index contributed by atoms with van der Waals surface area (Å²) in [6, 6.07) is 3.22. The SMILES string of the molecule is CC(=O)OC(CC(=O)OC1=CC[C@@]2(O)[C@H]3Cc4ccc(O)c5c4[C@@]2(CCN3C)[C@H]1O5)C(=O)O. The fourth-order valence-electron chi connectivity index (χ4n) is 6.14. The Labute approximate surface area is 189 Å². The fraction of sp³-hybridized carbons (Fsp3) is 0.522. The van der Waals surface area contributed by atoms with Gasteiger partial charge in [0, 0.05) is 24.9 Å². The molecule has 2 bridgehead atoms. The number of ether oxygens (including phenoxy) is 3. The Morgan fingerprint density at radius 1 is 1.33 bits per heavy atom. The second kappa shape index (κ2) is 7.19. The second-order valence-corrected chi connectivity index (χ2v) is 9.22. The lowest BCUT2D eigenvalue weighted by Crippen LogP contribution is -2.74. The van der Waals surface area contributed by atoms with Crippen LogP contribution in [0, 0.1) is 0 Å². The highest BCUT2D eigenvalue weighted by atomic mass is 16.6. The van der Waals surface area contributed by atoms with Crippen molar-refractivity contribution in [2.24, 2.45) is 0 Å². The van der Waals surface area contributed by atoms with Gasteiger partial charge in [0.1, 0.15) is 5.76 Å². The van der Waals surface area contributed by atoms with Gasteiger partial charge in [-0.2, -0.15) is 0 Å². The maximum Gasteiger partial charge on any atom is 0.345 e. The number of carbonyl (C=O) groups excluding carboxylic acids is 2. The molecular weight excluding hydrogens is 434 g/mol. The van der Waals surface area contributed by atoms with Crippen LogP contribution in [0.5, 0.6) is 11.5 Å². The molecule has 3 N–H and O–H groups in total. The second-order valence-electron chi connectivity index (χ2n) is 9.22. The van der Waals surface area contributed by atoms with E-state index in [-0.39, 0.29) is 29.7 Å². The Morgan fingerprint density at radius 2 is 2.09 bits per heavy atom. The van der Waals surface area contributed by atoms with Gasteiger partial charge < -0.3 is 34.4 Å². The van der Waals surface area contributed by atoms with Gasteiger partial charge in [0.25, 0.3) is 0 Å². The number of rotatable bonds is 5. The lowest BCUT2D eigenvalue weighted by atomic mass is 9.50. The number of esters is 2. The molecule has 0 amide bonds. The lowest BCUT2D eigenvalue weighted by Gasteiger charge is -2.61. The number of hydrogen-bond acceptors (Lipinski definition) is 9. The molecule has 1 aromatic carbocycles. The zero-order chi connectivity index (χ0) is 23.7. The third-order valence-electron chi connectivity index (χ3n) is 7.52. The number of phenols is 1. The number of phenolic OH excluding ortho intramolecular Hbond substituents is 1. The third kappa shape index (κ3) is 2.90. The minimum absolute atomic E-state index is 0.0521. The van der Waals surface area contributed by atoms with E-state index in [0.29, 0.717) is 19.4 Å². The van der Waals surface area contributed by atoms with E-state index in [1.165, 1.54) is 0 Å². The predicted octanol–water partition coefficient (Wildman–Crippen LogP) is 0.619. The molecule has 10 nitrogen and oxygen atoms in total. The summed E-state index contributed by atoms with van der Waals surface area (Å²) < 4.78 is 16.4. The number of aliphatic hydroxyl groups is 1. The highest BCUT2D eigenvalue weighted by Gasteiger charge is 2.72. The molecule has 1 aromatic rings. The van der Waals surface area contributed by atoms with Crippen molar-refractivity contribution in [1.82, 2.24) is 4.90 Å². The molecule has 0 saturated carbocycles. The highest BCUT2D eigenvalue weighted by molar-refractivity contribution is 5.83. The van der Waals surface area contributed by atoms with Crippen molar-refractivity contribution in [2.45, 2.75) is 61.9 Å². The van der Waals surface area contributed by atoms with E-state index in [9.17, 15) is 29.7 Å². The van der Waals surface area contributed by atoms with Crippen LogP contribution in [0.4, 0.5) is 0 Å². The number of nitrogens with zero attached hydrogens (tertiary/aromatic N) is 1. The Hall–Kier alpha value is -3.11. The van der Waals surface area contributed by atoms with Gasteiger partial charge in [-0.25, -0.2) is 4.79 Å². The van der Waals surface area contributed by atoms with E-state index < -0.39 is 47.6 Å². The summed E-state index contributed by atoms with van der Waals surface area (Å²) in [4.78, 5) is 37.2. The largest absolute Gasteiger partial charge is 0.504 e. The Bertz CT molecular complexity index is 1100. The minimum Gasteiger partial charge on any atom is -0.504 e. The fourth-order valence-corrected chi connectivity index (χ4v) is 6.14. The lowest BCUT2D eigenvalue weighted by molar-refractivity contribution is -0.173. The number of benzene rings is 1. The van der Waals surface area contributed by atoms with Crippen LogP contribution in [0.1, 0.15) is 37.3 Å². The molecule has 176 valence electrons. The number of carboxylic acids is 1. The smallest absolute Gasteiger partial charge is 0.345 e. The van der Waals surface area contributed by atoms with Crippen LogP contribution in [0.3, 0.4) is 0 Å². The van der Waals surface area contributed by atoms with Crippen LogP contribution in [0.15, 0.2) is 24.0 Å². The van der Waals surface area contributed by atoms with Gasteiger partial charge in [-0.3, -0.25) is 9.59 Å². The van der Waals surface area contributed by atoms with Gasteiger partial charge in [-0.1, -0.05) is 6.07 Å². The van der Waals surface area contributed by atoms with Gasteiger partial charge in [-0.15, -0.1) is 0 Å². The van der Waals surface area contributed by atoms with Gasteiger partial charge in [0.2, 0.25) is 6.10 Å². The number of aliphatic carboxylic acids is 1. The van der Waals surface area contributed by atoms with Crippen LogP contribution in [0.2, 0.25) is 0 Å². The van der Waals surface area contributed by atoms with Crippen molar-refractivity contribution in [3.05, 3.63) is 35.1 Å². The molecule has 5 rings (SSSR count). The number of likely N-dealkylation sites (tertiary alicyclic amines) is 1. The highest BCUT2D eigenvalue weighted by Crippen LogP contribution is 2.65. The average Bonchev–Trinajstić information content (AvgIpc) is 3.09. The number of aromatic hydroxyl groups is 1. The first kappa shape index (κ1) is 21.7. The molecule has 10 heteroatoms. The first-order chi connectivity index (χ1) is 15.6. The monoisotopic (exact) mass is 459 g/mol. The van der Waals surface area contributed by atoms with E-state index in [2.05, 4.69) is 9.64 Å². The van der Waals surface area contributed by atoms with Crippen LogP contribution in [-0.2, 0) is 35.7 Å². The first-order valence-electron chi connectivity index (χ1n) is 10.8. The molecule has 33 heavy (non-hydrogen) atoms. The summed E-state index contributed by atoms with van der Waals surface area (Å²) in [5, 5.41) is 31.8. The zero-order valence-electron chi connectivity index (χ0n) is 18.2. The molecule has 5 atom stereocenters. The number of likely N-dealkylation sites (N-methyl/N-ethyl adjacent to an activating group) is 1. The van der Waals surface area contributed by atoms with Crippen molar-refractivity contribution in [1.29, 1.82) is 0 Å². The number of hydrogen-bond donors (Lipinski definition) is 3. The topological polar surface area (TPSA) is 143 Å². The van der Waals surface area contributed by atoms with E-state index in [0.717, 1.165) is 18.1 Å². The first-order valence-corrected chi connectivity index (χ1v) is 10.8. The molecule has 4 aliphatic rings. The minimum atomic E-state index is -1.67. The summed E-state index contributed by atoms with van der Waals surface area (Å²) >= 11 is 0. The number of carbonyl (C=O) groups is 3. The molecule has 2 heterocycles. The molecule has 0 radical (unpaired) electrons. The van der Waals surface area contributed by atoms with Gasteiger partial charge in [0.05, 0.1) is 17.4 Å². The van der Waals surface area contributed by atoms with Gasteiger partial charge >= 0.3 is 17.9 Å². The standard InChI is InChI=1S/C23H25NO9/c1-11(25)31-15(21(28)29)10-17(27)32-14-5-6-23(30)16-9-12-3-4-13(26)19-18(12)22(23,20(14)33-19)7-8-24(16)2/h3-5,15-16,20,26,30H,6-10H2,1-2H3,(H,28,29)/t15?,16-,20+,22+,23-/m1/s1. The molecule has 1 saturated heterocycles. The summed E-state index contributed by atoms with van der Waals surface area (Å²) in [5.74, 6) is -2.80. The quantitative estimate of drug-likeness (QED) is 0.536. The molecule has 2 aliphatic heterocycles. The van der Waals surface area contributed by atoms with Crippen LogP contribution in [0.25, 0.3) is 0 Å². The number of piperidine rings is 1. The van der Waals surface area contributed by atoms with Crippen LogP contribution < -0.4 is 4.74 Å². The van der Waals surface area contributed by atoms with Crippen molar-refractivity contribution in [3.63, 3.8) is 0 Å². The molecule has 1 fully saturated rings. The molecule has 1 spiro atoms. The molecular formula is C23H25NO9. The van der Waals surface area contributed by atoms with E-state index in [1.807, 2.05) is 13.1 Å². The summed E-state index contributed by atoms with van der Waals surface area (Å²) in [5.41, 5.74) is -0.393. The Morgan fingerprint density at radius 3 is 2.79 bits per heavy atom. The van der Waals surface area contributed by atoms with Crippen molar-refractivity contribution >= 4 is 17.9 Å². The van der Waals surface area contributed by atoms with Crippen LogP contribution >= 0.6 is 0 Å². The molecule has 1 unspecified atom stereocenters. The molecule has 0 aromatic heterocycles. The van der Waals surface area contributed by atoms with Crippen molar-refractivity contribution < 1.29 is 43.9 Å². The summed E-state index contributed by atoms with van der Waals surface area (Å²) in [6.07, 6.45) is -0.298. The van der Waals surface area contributed by atoms with Gasteiger partial charge in [0.15, 0.2) is 17.6 Å². The van der Waals surface area contributed by atoms with Crippen LogP contribution in [-0.4, -0.2) is 75.6 Å².